The van der Waals surface area contributed by atoms with E-state index in [2.05, 4.69) is 21.6 Å². The summed E-state index contributed by atoms with van der Waals surface area (Å²) in [5, 5.41) is 0. The van der Waals surface area contributed by atoms with Gasteiger partial charge in [-0.05, 0) is 43.9 Å². The largest absolute Gasteiger partial charge is 0.434 e. The highest BCUT2D eigenvalue weighted by Gasteiger charge is 2.60. The molecule has 0 saturated carbocycles. The Balaban J connectivity index is 1.93. The number of pyridine rings is 1. The first-order chi connectivity index (χ1) is 13.0. The van der Waals surface area contributed by atoms with Gasteiger partial charge in [-0.2, -0.15) is 26.3 Å². The zero-order chi connectivity index (χ0) is 20.9. The third kappa shape index (κ3) is 6.18. The maximum atomic E-state index is 12.5. The molecule has 1 aliphatic heterocycles. The Labute approximate surface area is 157 Å². The van der Waals surface area contributed by atoms with E-state index in [9.17, 15) is 31.1 Å². The van der Waals surface area contributed by atoms with Gasteiger partial charge in [0, 0.05) is 18.8 Å². The summed E-state index contributed by atoms with van der Waals surface area (Å²) < 4.78 is 78.5. The Bertz CT molecular complexity index is 781. The van der Waals surface area contributed by atoms with E-state index >= 15 is 0 Å². The number of ether oxygens (including phenoxy) is 1. The molecule has 1 fully saturated rings. The quantitative estimate of drug-likeness (QED) is 0.513. The van der Waals surface area contributed by atoms with Gasteiger partial charge in [-0.25, -0.2) is 9.78 Å². The summed E-state index contributed by atoms with van der Waals surface area (Å²) in [5.74, 6) is 5.64. The zero-order valence-electron chi connectivity index (χ0n) is 14.7. The third-order valence-corrected chi connectivity index (χ3v) is 3.84. The molecule has 0 spiro atoms. The van der Waals surface area contributed by atoms with Crippen LogP contribution in [0.25, 0.3) is 0 Å². The summed E-state index contributed by atoms with van der Waals surface area (Å²) >= 11 is 0. The van der Waals surface area contributed by atoms with Crippen molar-refractivity contribution in [3.05, 3.63) is 41.2 Å². The van der Waals surface area contributed by atoms with Gasteiger partial charge in [0.1, 0.15) is 5.69 Å². The molecule has 152 valence electrons. The highest BCUT2D eigenvalue weighted by Crippen LogP contribution is 2.36. The fraction of sp³-hybridized carbons (Fsp3) is 0.444. The lowest BCUT2D eigenvalue weighted by atomic mass is 10.0. The smallest absolute Gasteiger partial charge is 0.426 e. The summed E-state index contributed by atoms with van der Waals surface area (Å²) in [6, 6.07) is 5.36. The molecular formula is C18H16F6N2O2. The van der Waals surface area contributed by atoms with Crippen molar-refractivity contribution in [1.82, 2.24) is 9.88 Å². The minimum atomic E-state index is -5.73. The number of aromatic nitrogens is 1. The van der Waals surface area contributed by atoms with Crippen LogP contribution in [0, 0.1) is 18.8 Å². The topological polar surface area (TPSA) is 42.4 Å². The van der Waals surface area contributed by atoms with Gasteiger partial charge in [0.25, 0.3) is 6.10 Å². The Kier molecular flexibility index (Phi) is 6.59. The van der Waals surface area contributed by atoms with E-state index in [4.69, 9.17) is 0 Å². The van der Waals surface area contributed by atoms with Crippen LogP contribution in [0.15, 0.2) is 29.8 Å². The number of halogens is 6. The molecule has 2 heterocycles. The molecule has 0 aliphatic carbocycles. The van der Waals surface area contributed by atoms with Crippen molar-refractivity contribution >= 4 is 6.09 Å². The molecule has 1 amide bonds. The molecule has 1 aromatic heterocycles. The van der Waals surface area contributed by atoms with E-state index in [-0.39, 0.29) is 25.9 Å². The van der Waals surface area contributed by atoms with E-state index < -0.39 is 24.5 Å². The second kappa shape index (κ2) is 8.54. The average Bonchev–Trinajstić information content (AvgIpc) is 2.58. The molecule has 0 N–H and O–H groups in total. The molecule has 10 heteroatoms. The van der Waals surface area contributed by atoms with E-state index in [1.807, 2.05) is 13.0 Å². The fourth-order valence-corrected chi connectivity index (χ4v) is 2.44. The van der Waals surface area contributed by atoms with E-state index in [0.29, 0.717) is 5.69 Å². The number of alkyl halides is 6. The number of piperidine rings is 1. The van der Waals surface area contributed by atoms with Gasteiger partial charge in [0.2, 0.25) is 0 Å². The van der Waals surface area contributed by atoms with Gasteiger partial charge in [-0.3, -0.25) is 0 Å². The standard InChI is InChI=1S/C18H16F6N2O2/c1-12-4-2-6-14(25-12)7-3-5-13-8-10-26(11-9-13)16(27)28-15(17(19,20)21)18(22,23)24/h2,4-6,15H,8-11H2,1H3. The summed E-state index contributed by atoms with van der Waals surface area (Å²) in [5.41, 5.74) is 2.21. The van der Waals surface area contributed by atoms with Crippen molar-refractivity contribution in [3.63, 3.8) is 0 Å². The minimum Gasteiger partial charge on any atom is -0.426 e. The first kappa shape index (κ1) is 21.6. The summed E-state index contributed by atoms with van der Waals surface area (Å²) in [7, 11) is 0. The van der Waals surface area contributed by atoms with Gasteiger partial charge < -0.3 is 9.64 Å². The van der Waals surface area contributed by atoms with Crippen LogP contribution in [0.5, 0.6) is 0 Å². The number of rotatable bonds is 1. The number of amides is 1. The maximum absolute atomic E-state index is 12.5. The molecular weight excluding hydrogens is 390 g/mol. The Morgan fingerprint density at radius 3 is 2.32 bits per heavy atom. The van der Waals surface area contributed by atoms with Crippen LogP contribution < -0.4 is 0 Å². The normalized spacial score (nSPS) is 15.1. The van der Waals surface area contributed by atoms with Crippen molar-refractivity contribution in [1.29, 1.82) is 0 Å². The van der Waals surface area contributed by atoms with Crippen molar-refractivity contribution in [2.75, 3.05) is 13.1 Å². The molecule has 0 atom stereocenters. The second-order valence-corrected chi connectivity index (χ2v) is 6.07. The van der Waals surface area contributed by atoms with Gasteiger partial charge >= 0.3 is 18.4 Å². The van der Waals surface area contributed by atoms with Crippen LogP contribution in [0.2, 0.25) is 0 Å². The fourth-order valence-electron chi connectivity index (χ4n) is 2.44. The molecule has 4 nitrogen and oxygen atoms in total. The number of likely N-dealkylation sites (tertiary alicyclic amines) is 1. The Morgan fingerprint density at radius 2 is 1.79 bits per heavy atom. The van der Waals surface area contributed by atoms with Gasteiger partial charge in [0.15, 0.2) is 0 Å². The van der Waals surface area contributed by atoms with Crippen molar-refractivity contribution in [2.24, 2.45) is 0 Å². The number of aryl methyl sites for hydroxylation is 1. The van der Waals surface area contributed by atoms with E-state index in [1.165, 1.54) is 0 Å². The molecule has 0 aromatic carbocycles. The predicted octanol–water partition coefficient (Wildman–Crippen LogP) is 4.39. The molecule has 1 aromatic rings. The molecule has 0 unspecified atom stereocenters. The minimum absolute atomic E-state index is 0.0581. The molecule has 1 saturated heterocycles. The van der Waals surface area contributed by atoms with Crippen LogP contribution in [0.3, 0.4) is 0 Å². The van der Waals surface area contributed by atoms with E-state index in [0.717, 1.165) is 16.2 Å². The van der Waals surface area contributed by atoms with Crippen LogP contribution in [-0.2, 0) is 4.74 Å². The van der Waals surface area contributed by atoms with Crippen LogP contribution in [-0.4, -0.2) is 47.5 Å². The predicted molar refractivity (Wildman–Crippen MR) is 87.1 cm³/mol. The Morgan fingerprint density at radius 1 is 1.18 bits per heavy atom. The van der Waals surface area contributed by atoms with Gasteiger partial charge in [-0.1, -0.05) is 17.6 Å². The van der Waals surface area contributed by atoms with Crippen molar-refractivity contribution < 1.29 is 35.9 Å². The molecule has 0 bridgehead atoms. The van der Waals surface area contributed by atoms with Crippen molar-refractivity contribution in [3.8, 4) is 11.8 Å². The lowest BCUT2D eigenvalue weighted by Crippen LogP contribution is -2.49. The first-order valence-corrected chi connectivity index (χ1v) is 8.19. The maximum Gasteiger partial charge on any atom is 0.434 e. The molecule has 2 rings (SSSR count). The first-order valence-electron chi connectivity index (χ1n) is 8.19. The van der Waals surface area contributed by atoms with Gasteiger partial charge in [-0.15, -0.1) is 0 Å². The second-order valence-electron chi connectivity index (χ2n) is 6.07. The number of nitrogens with zero attached hydrogens (tertiary/aromatic N) is 2. The molecule has 1 aliphatic rings. The highest BCUT2D eigenvalue weighted by molar-refractivity contribution is 5.68. The third-order valence-electron chi connectivity index (χ3n) is 3.84. The van der Waals surface area contributed by atoms with Gasteiger partial charge in [0.05, 0.1) is 0 Å². The molecule has 28 heavy (non-hydrogen) atoms. The number of hydrogen-bond donors (Lipinski definition) is 0. The SMILES string of the molecule is Cc1cccc(C#CC=C2CCN(C(=O)OC(C(F)(F)F)C(F)(F)F)CC2)n1. The average molecular weight is 406 g/mol. The van der Waals surface area contributed by atoms with E-state index in [1.54, 1.807) is 18.2 Å². The number of allylic oxidation sites excluding steroid dienone is 1. The molecule has 0 radical (unpaired) electrons. The van der Waals surface area contributed by atoms with Crippen LogP contribution in [0.4, 0.5) is 31.1 Å². The monoisotopic (exact) mass is 406 g/mol. The van der Waals surface area contributed by atoms with Crippen molar-refractivity contribution in [2.45, 2.75) is 38.2 Å². The summed E-state index contributed by atoms with van der Waals surface area (Å²) in [6.45, 7) is 1.70. The van der Waals surface area contributed by atoms with Crippen LogP contribution >= 0.6 is 0 Å². The number of hydrogen-bond acceptors (Lipinski definition) is 3. The summed E-state index contributed by atoms with van der Waals surface area (Å²) in [4.78, 5) is 16.7. The van der Waals surface area contributed by atoms with Crippen LogP contribution in [0.1, 0.15) is 24.2 Å². The number of carbonyl (C=O) groups is 1. The zero-order valence-corrected chi connectivity index (χ0v) is 14.7. The Hall–Kier alpha value is -2.70. The number of carbonyl (C=O) groups excluding carboxylic acids is 1. The lowest BCUT2D eigenvalue weighted by molar-refractivity contribution is -0.308. The highest BCUT2D eigenvalue weighted by atomic mass is 19.4. The summed E-state index contributed by atoms with van der Waals surface area (Å²) in [6.07, 6.45) is -15.1. The lowest BCUT2D eigenvalue weighted by Gasteiger charge is -2.30.